The number of aryl methyl sites for hydroxylation is 3. The highest BCUT2D eigenvalue weighted by Gasteiger charge is 2.41. The number of carbonyl (C=O) groups excluding carboxylic acids is 1. The van der Waals surface area contributed by atoms with E-state index in [-0.39, 0.29) is 18.3 Å². The molecule has 0 aromatic heterocycles. The van der Waals surface area contributed by atoms with Crippen LogP contribution in [0.1, 0.15) is 29.5 Å². The van der Waals surface area contributed by atoms with Crippen molar-refractivity contribution in [2.45, 2.75) is 39.7 Å². The van der Waals surface area contributed by atoms with Crippen molar-refractivity contribution in [3.8, 4) is 0 Å². The summed E-state index contributed by atoms with van der Waals surface area (Å²) >= 11 is 0. The molecule has 3 rings (SSSR count). The molecule has 3 atom stereocenters. The van der Waals surface area contributed by atoms with E-state index in [1.54, 1.807) is 0 Å². The fraction of sp³-hybridized carbons (Fsp3) is 0.611. The standard InChI is InChI=1S/C18H27N3O.ClH/c1-11-6-12(2)18(13(3)7-11)20-17(22)10-21-8-14-4-5-16(19)15(14)9-21;/h6-7,14-16H,4-5,8-10,19H2,1-3H3,(H,20,22);1H. The average Bonchev–Trinajstić information content (AvgIpc) is 2.96. The Balaban J connectivity index is 0.00000192. The van der Waals surface area contributed by atoms with Gasteiger partial charge in [0.25, 0.3) is 0 Å². The summed E-state index contributed by atoms with van der Waals surface area (Å²) in [5, 5.41) is 3.10. The first-order valence-electron chi connectivity index (χ1n) is 8.29. The number of anilines is 1. The second-order valence-electron chi connectivity index (χ2n) is 7.18. The van der Waals surface area contributed by atoms with E-state index in [0.29, 0.717) is 24.4 Å². The van der Waals surface area contributed by atoms with Crippen LogP contribution in [-0.2, 0) is 4.79 Å². The van der Waals surface area contributed by atoms with Gasteiger partial charge in [0, 0.05) is 24.8 Å². The summed E-state index contributed by atoms with van der Waals surface area (Å²) in [5.41, 5.74) is 10.6. The topological polar surface area (TPSA) is 58.4 Å². The number of hydrogen-bond acceptors (Lipinski definition) is 3. The predicted octanol–water partition coefficient (Wildman–Crippen LogP) is 2.64. The number of amides is 1. The lowest BCUT2D eigenvalue weighted by Gasteiger charge is -2.19. The Morgan fingerprint density at radius 3 is 2.48 bits per heavy atom. The maximum absolute atomic E-state index is 12.4. The first kappa shape index (κ1) is 18.2. The fourth-order valence-corrected chi connectivity index (χ4v) is 4.29. The van der Waals surface area contributed by atoms with Crippen LogP contribution in [0.3, 0.4) is 0 Å². The van der Waals surface area contributed by atoms with E-state index in [1.807, 2.05) is 0 Å². The van der Waals surface area contributed by atoms with E-state index in [0.717, 1.165) is 36.3 Å². The zero-order valence-corrected chi connectivity index (χ0v) is 15.1. The van der Waals surface area contributed by atoms with Crippen molar-refractivity contribution in [2.24, 2.45) is 17.6 Å². The molecule has 128 valence electrons. The minimum absolute atomic E-state index is 0. The Labute approximate surface area is 145 Å². The van der Waals surface area contributed by atoms with Gasteiger partial charge in [-0.05, 0) is 56.6 Å². The molecule has 1 aliphatic carbocycles. The van der Waals surface area contributed by atoms with Crippen molar-refractivity contribution in [1.82, 2.24) is 4.90 Å². The van der Waals surface area contributed by atoms with Crippen LogP contribution < -0.4 is 11.1 Å². The molecule has 4 nitrogen and oxygen atoms in total. The number of likely N-dealkylation sites (tertiary alicyclic amines) is 1. The number of nitrogens with two attached hydrogens (primary N) is 1. The van der Waals surface area contributed by atoms with Crippen molar-refractivity contribution in [1.29, 1.82) is 0 Å². The van der Waals surface area contributed by atoms with Crippen LogP contribution in [-0.4, -0.2) is 36.5 Å². The molecular weight excluding hydrogens is 310 g/mol. The summed E-state index contributed by atoms with van der Waals surface area (Å²) in [7, 11) is 0. The van der Waals surface area contributed by atoms with Crippen LogP contribution in [0.25, 0.3) is 0 Å². The summed E-state index contributed by atoms with van der Waals surface area (Å²) < 4.78 is 0. The summed E-state index contributed by atoms with van der Waals surface area (Å²) in [4.78, 5) is 14.6. The van der Waals surface area contributed by atoms with Gasteiger partial charge in [0.05, 0.1) is 6.54 Å². The zero-order chi connectivity index (χ0) is 15.9. The Bertz CT molecular complexity index is 567. The molecule has 2 fully saturated rings. The van der Waals surface area contributed by atoms with Crippen LogP contribution in [0.4, 0.5) is 5.69 Å². The fourth-order valence-electron chi connectivity index (χ4n) is 4.29. The van der Waals surface area contributed by atoms with Crippen LogP contribution in [0, 0.1) is 32.6 Å². The monoisotopic (exact) mass is 337 g/mol. The molecule has 5 heteroatoms. The van der Waals surface area contributed by atoms with Gasteiger partial charge in [0.1, 0.15) is 0 Å². The third-order valence-electron chi connectivity index (χ3n) is 5.30. The Morgan fingerprint density at radius 1 is 1.22 bits per heavy atom. The number of hydrogen-bond donors (Lipinski definition) is 2. The lowest BCUT2D eigenvalue weighted by Crippen LogP contribution is -2.35. The van der Waals surface area contributed by atoms with Gasteiger partial charge in [-0.3, -0.25) is 9.69 Å². The van der Waals surface area contributed by atoms with Crippen LogP contribution in [0.5, 0.6) is 0 Å². The van der Waals surface area contributed by atoms with E-state index >= 15 is 0 Å². The first-order chi connectivity index (χ1) is 10.4. The van der Waals surface area contributed by atoms with Crippen molar-refractivity contribution in [2.75, 3.05) is 25.0 Å². The number of nitrogens with zero attached hydrogens (tertiary/aromatic N) is 1. The highest BCUT2D eigenvalue weighted by atomic mass is 35.5. The number of nitrogens with one attached hydrogen (secondary N) is 1. The Kier molecular flexibility index (Phi) is 5.71. The second-order valence-corrected chi connectivity index (χ2v) is 7.18. The molecule has 1 saturated heterocycles. The van der Waals surface area contributed by atoms with Gasteiger partial charge in [-0.1, -0.05) is 17.7 Å². The first-order valence-corrected chi connectivity index (χ1v) is 8.29. The zero-order valence-electron chi connectivity index (χ0n) is 14.3. The molecule has 1 heterocycles. The molecular formula is C18H28ClN3O. The van der Waals surface area contributed by atoms with Crippen molar-refractivity contribution >= 4 is 24.0 Å². The lowest BCUT2D eigenvalue weighted by molar-refractivity contribution is -0.117. The highest BCUT2D eigenvalue weighted by Crippen LogP contribution is 2.36. The smallest absolute Gasteiger partial charge is 0.238 e. The molecule has 1 aromatic carbocycles. The van der Waals surface area contributed by atoms with Crippen LogP contribution >= 0.6 is 12.4 Å². The molecule has 0 spiro atoms. The van der Waals surface area contributed by atoms with Crippen molar-refractivity contribution in [3.63, 3.8) is 0 Å². The molecule has 3 N–H and O–H groups in total. The maximum atomic E-state index is 12.4. The summed E-state index contributed by atoms with van der Waals surface area (Å²) in [6.45, 7) is 8.66. The molecule has 1 aliphatic heterocycles. The molecule has 1 aromatic rings. The van der Waals surface area contributed by atoms with Gasteiger partial charge in [0.2, 0.25) is 5.91 Å². The van der Waals surface area contributed by atoms with E-state index in [4.69, 9.17) is 5.73 Å². The Morgan fingerprint density at radius 2 is 1.87 bits per heavy atom. The summed E-state index contributed by atoms with van der Waals surface area (Å²) in [6.07, 6.45) is 2.37. The summed E-state index contributed by atoms with van der Waals surface area (Å²) in [6, 6.07) is 4.56. The van der Waals surface area contributed by atoms with Gasteiger partial charge >= 0.3 is 0 Å². The number of rotatable bonds is 3. The largest absolute Gasteiger partial charge is 0.327 e. The molecule has 0 bridgehead atoms. The molecule has 0 radical (unpaired) electrons. The predicted molar refractivity (Wildman–Crippen MR) is 97.2 cm³/mol. The van der Waals surface area contributed by atoms with E-state index < -0.39 is 0 Å². The van der Waals surface area contributed by atoms with Crippen molar-refractivity contribution in [3.05, 3.63) is 28.8 Å². The van der Waals surface area contributed by atoms with Gasteiger partial charge in [-0.2, -0.15) is 0 Å². The van der Waals surface area contributed by atoms with E-state index in [9.17, 15) is 4.79 Å². The Hall–Kier alpha value is -1.10. The van der Waals surface area contributed by atoms with Gasteiger partial charge < -0.3 is 11.1 Å². The molecule has 2 aliphatic rings. The van der Waals surface area contributed by atoms with E-state index in [1.165, 1.54) is 12.0 Å². The quantitative estimate of drug-likeness (QED) is 0.891. The normalized spacial score (nSPS) is 26.7. The van der Waals surface area contributed by atoms with Gasteiger partial charge in [-0.15, -0.1) is 12.4 Å². The molecule has 1 amide bonds. The molecule has 3 unspecified atom stereocenters. The second kappa shape index (κ2) is 7.20. The molecule has 23 heavy (non-hydrogen) atoms. The minimum atomic E-state index is 0. The van der Waals surface area contributed by atoms with Crippen LogP contribution in [0.15, 0.2) is 12.1 Å². The van der Waals surface area contributed by atoms with Crippen LogP contribution in [0.2, 0.25) is 0 Å². The number of halogens is 1. The minimum Gasteiger partial charge on any atom is -0.327 e. The summed E-state index contributed by atoms with van der Waals surface area (Å²) in [5.74, 6) is 1.38. The third kappa shape index (κ3) is 3.87. The third-order valence-corrected chi connectivity index (χ3v) is 5.30. The number of benzene rings is 1. The number of fused-ring (bicyclic) bond motifs is 1. The SMILES string of the molecule is Cc1cc(C)c(NC(=O)CN2CC3CCC(N)C3C2)c(C)c1.Cl. The average molecular weight is 338 g/mol. The van der Waals surface area contributed by atoms with Crippen molar-refractivity contribution < 1.29 is 4.79 Å². The molecule has 1 saturated carbocycles. The van der Waals surface area contributed by atoms with E-state index in [2.05, 4.69) is 43.1 Å². The lowest BCUT2D eigenvalue weighted by atomic mass is 9.98. The number of carbonyl (C=O) groups is 1. The highest BCUT2D eigenvalue weighted by molar-refractivity contribution is 5.93. The maximum Gasteiger partial charge on any atom is 0.238 e. The van der Waals surface area contributed by atoms with Gasteiger partial charge in [0.15, 0.2) is 0 Å². The van der Waals surface area contributed by atoms with Gasteiger partial charge in [-0.25, -0.2) is 0 Å².